The quantitative estimate of drug-likeness (QED) is 0.472. The zero-order valence-corrected chi connectivity index (χ0v) is 14.2. The number of nitrogens with zero attached hydrogens (tertiary/aromatic N) is 2. The van der Waals surface area contributed by atoms with Gasteiger partial charge in [0.25, 0.3) is 11.8 Å². The van der Waals surface area contributed by atoms with Gasteiger partial charge in [0.1, 0.15) is 0 Å². The predicted octanol–water partition coefficient (Wildman–Crippen LogP) is 2.29. The van der Waals surface area contributed by atoms with E-state index in [1.807, 2.05) is 6.07 Å². The van der Waals surface area contributed by atoms with Crippen LogP contribution in [0.1, 0.15) is 39.1 Å². The highest BCUT2D eigenvalue weighted by Gasteiger charge is 2.34. The molecule has 0 saturated heterocycles. The first-order chi connectivity index (χ1) is 12.7. The van der Waals surface area contributed by atoms with Crippen molar-refractivity contribution in [3.8, 4) is 0 Å². The average molecular weight is 349 g/mol. The molecule has 26 heavy (non-hydrogen) atoms. The second kappa shape index (κ2) is 8.20. The van der Waals surface area contributed by atoms with E-state index < -0.39 is 0 Å². The monoisotopic (exact) mass is 349 g/mol. The molecule has 2 heterocycles. The van der Waals surface area contributed by atoms with Crippen molar-refractivity contribution in [1.82, 2.24) is 15.2 Å². The minimum Gasteiger partial charge on any atom is -0.353 e. The van der Waals surface area contributed by atoms with Gasteiger partial charge in [-0.2, -0.15) is 0 Å². The SMILES string of the molecule is O=C(C=Cc1cccnc1)NCCCCN1C(=O)c2ccccc2C1=O. The molecular formula is C20H19N3O3. The van der Waals surface area contributed by atoms with E-state index in [1.54, 1.807) is 48.8 Å². The minimum atomic E-state index is -0.242. The van der Waals surface area contributed by atoms with Gasteiger partial charge in [-0.15, -0.1) is 0 Å². The second-order valence-corrected chi connectivity index (χ2v) is 5.93. The smallest absolute Gasteiger partial charge is 0.261 e. The Morgan fingerprint density at radius 1 is 1.04 bits per heavy atom. The topological polar surface area (TPSA) is 79.4 Å². The first-order valence-electron chi connectivity index (χ1n) is 8.48. The van der Waals surface area contributed by atoms with Gasteiger partial charge < -0.3 is 5.32 Å². The standard InChI is InChI=1S/C20H19N3O3/c24-18(10-9-15-6-5-11-21-14-15)22-12-3-4-13-23-19(25)16-7-1-2-8-17(16)20(23)26/h1-2,5-11,14H,3-4,12-13H2,(H,22,24). The Balaban J connectivity index is 1.39. The molecule has 0 aliphatic carbocycles. The van der Waals surface area contributed by atoms with E-state index in [-0.39, 0.29) is 17.7 Å². The molecule has 1 aliphatic heterocycles. The second-order valence-electron chi connectivity index (χ2n) is 5.93. The number of hydrogen-bond acceptors (Lipinski definition) is 4. The van der Waals surface area contributed by atoms with E-state index in [4.69, 9.17) is 0 Å². The number of rotatable bonds is 7. The van der Waals surface area contributed by atoms with E-state index >= 15 is 0 Å². The van der Waals surface area contributed by atoms with Crippen LogP contribution in [-0.2, 0) is 4.79 Å². The molecule has 1 N–H and O–H groups in total. The summed E-state index contributed by atoms with van der Waals surface area (Å²) < 4.78 is 0. The number of carbonyl (C=O) groups excluding carboxylic acids is 3. The van der Waals surface area contributed by atoms with E-state index in [1.165, 1.54) is 11.0 Å². The van der Waals surface area contributed by atoms with Crippen LogP contribution >= 0.6 is 0 Å². The Morgan fingerprint density at radius 2 is 1.77 bits per heavy atom. The molecular weight excluding hydrogens is 330 g/mol. The molecule has 3 rings (SSSR count). The highest BCUT2D eigenvalue weighted by Crippen LogP contribution is 2.22. The summed E-state index contributed by atoms with van der Waals surface area (Å²) in [5.74, 6) is -0.669. The van der Waals surface area contributed by atoms with Gasteiger partial charge in [-0.3, -0.25) is 24.3 Å². The fourth-order valence-electron chi connectivity index (χ4n) is 2.75. The maximum atomic E-state index is 12.2. The molecule has 0 radical (unpaired) electrons. The zero-order chi connectivity index (χ0) is 18.4. The van der Waals surface area contributed by atoms with Crippen LogP contribution in [-0.4, -0.2) is 40.7 Å². The minimum absolute atomic E-state index is 0.186. The van der Waals surface area contributed by atoms with Crippen molar-refractivity contribution in [3.05, 3.63) is 71.6 Å². The lowest BCUT2D eigenvalue weighted by atomic mass is 10.1. The molecule has 0 atom stereocenters. The maximum Gasteiger partial charge on any atom is 0.261 e. The highest BCUT2D eigenvalue weighted by atomic mass is 16.2. The highest BCUT2D eigenvalue weighted by molar-refractivity contribution is 6.21. The Hall–Kier alpha value is -3.28. The van der Waals surface area contributed by atoms with Gasteiger partial charge in [-0.25, -0.2) is 0 Å². The van der Waals surface area contributed by atoms with E-state index in [9.17, 15) is 14.4 Å². The van der Waals surface area contributed by atoms with Crippen molar-refractivity contribution >= 4 is 23.8 Å². The average Bonchev–Trinajstić information content (AvgIpc) is 2.92. The summed E-state index contributed by atoms with van der Waals surface area (Å²) in [6.45, 7) is 0.840. The number of unbranched alkanes of at least 4 members (excludes halogenated alkanes) is 1. The number of aromatic nitrogens is 1. The Labute approximate surface area is 151 Å². The molecule has 6 nitrogen and oxygen atoms in total. The Kier molecular flexibility index (Phi) is 5.53. The van der Waals surface area contributed by atoms with Gasteiger partial charge in [-0.1, -0.05) is 18.2 Å². The summed E-state index contributed by atoms with van der Waals surface area (Å²) in [5.41, 5.74) is 1.78. The van der Waals surface area contributed by atoms with Crippen molar-refractivity contribution in [2.75, 3.05) is 13.1 Å². The summed E-state index contributed by atoms with van der Waals surface area (Å²) in [6, 6.07) is 10.5. The van der Waals surface area contributed by atoms with Crippen molar-refractivity contribution in [3.63, 3.8) is 0 Å². The molecule has 132 valence electrons. The summed E-state index contributed by atoms with van der Waals surface area (Å²) in [4.78, 5) is 41.4. The fraction of sp³-hybridized carbons (Fsp3) is 0.200. The van der Waals surface area contributed by atoms with Gasteiger partial charge in [0.05, 0.1) is 11.1 Å². The molecule has 0 fully saturated rings. The van der Waals surface area contributed by atoms with Crippen molar-refractivity contribution in [2.24, 2.45) is 0 Å². The summed E-state index contributed by atoms with van der Waals surface area (Å²) >= 11 is 0. The number of amides is 3. The number of hydrogen-bond donors (Lipinski definition) is 1. The molecule has 1 aromatic carbocycles. The normalized spacial score (nSPS) is 13.3. The predicted molar refractivity (Wildman–Crippen MR) is 97.3 cm³/mol. The third-order valence-corrected chi connectivity index (χ3v) is 4.10. The summed E-state index contributed by atoms with van der Waals surface area (Å²) in [7, 11) is 0. The van der Waals surface area contributed by atoms with Crippen molar-refractivity contribution < 1.29 is 14.4 Å². The lowest BCUT2D eigenvalue weighted by Crippen LogP contribution is -2.31. The van der Waals surface area contributed by atoms with Crippen LogP contribution in [0.15, 0.2) is 54.9 Å². The first-order valence-corrected chi connectivity index (χ1v) is 8.48. The molecule has 6 heteroatoms. The van der Waals surface area contributed by atoms with Crippen LogP contribution in [0, 0.1) is 0 Å². The van der Waals surface area contributed by atoms with Crippen LogP contribution in [0.25, 0.3) is 6.08 Å². The molecule has 3 amide bonds. The largest absolute Gasteiger partial charge is 0.353 e. The lowest BCUT2D eigenvalue weighted by molar-refractivity contribution is -0.116. The lowest BCUT2D eigenvalue weighted by Gasteiger charge is -2.13. The molecule has 1 aliphatic rings. The number of benzene rings is 1. The van der Waals surface area contributed by atoms with Crippen LogP contribution in [0.5, 0.6) is 0 Å². The fourth-order valence-corrected chi connectivity index (χ4v) is 2.75. The molecule has 2 aromatic rings. The van der Waals surface area contributed by atoms with E-state index in [0.717, 1.165) is 5.56 Å². The number of fused-ring (bicyclic) bond motifs is 1. The third-order valence-electron chi connectivity index (χ3n) is 4.10. The molecule has 0 saturated carbocycles. The van der Waals surface area contributed by atoms with E-state index in [2.05, 4.69) is 10.3 Å². The zero-order valence-electron chi connectivity index (χ0n) is 14.2. The van der Waals surface area contributed by atoms with Crippen LogP contribution in [0.3, 0.4) is 0 Å². The summed E-state index contributed by atoms with van der Waals surface area (Å²) in [5, 5.41) is 2.78. The first kappa shape index (κ1) is 17.5. The number of pyridine rings is 1. The van der Waals surface area contributed by atoms with Gasteiger partial charge in [0.15, 0.2) is 0 Å². The van der Waals surface area contributed by atoms with Gasteiger partial charge in [0, 0.05) is 31.6 Å². The van der Waals surface area contributed by atoms with Gasteiger partial charge >= 0.3 is 0 Å². The number of imide groups is 1. The van der Waals surface area contributed by atoms with Crippen molar-refractivity contribution in [1.29, 1.82) is 0 Å². The van der Waals surface area contributed by atoms with Crippen LogP contribution in [0.2, 0.25) is 0 Å². The molecule has 0 unspecified atom stereocenters. The van der Waals surface area contributed by atoms with Crippen molar-refractivity contribution in [2.45, 2.75) is 12.8 Å². The van der Waals surface area contributed by atoms with Crippen LogP contribution in [0.4, 0.5) is 0 Å². The van der Waals surface area contributed by atoms with Crippen LogP contribution < -0.4 is 5.32 Å². The molecule has 0 spiro atoms. The maximum absolute atomic E-state index is 12.2. The Morgan fingerprint density at radius 3 is 2.42 bits per heavy atom. The molecule has 1 aromatic heterocycles. The van der Waals surface area contributed by atoms with E-state index in [0.29, 0.717) is 37.1 Å². The van der Waals surface area contributed by atoms with Gasteiger partial charge in [-0.05, 0) is 42.7 Å². The molecule has 0 bridgehead atoms. The number of carbonyl (C=O) groups is 3. The third kappa shape index (κ3) is 4.03. The number of nitrogens with one attached hydrogen (secondary N) is 1. The summed E-state index contributed by atoms with van der Waals surface area (Å²) in [6.07, 6.45) is 7.82. The Bertz CT molecular complexity index is 811. The van der Waals surface area contributed by atoms with Gasteiger partial charge in [0.2, 0.25) is 5.91 Å².